The predicted octanol–water partition coefficient (Wildman–Crippen LogP) is 2.15. The smallest absolute Gasteiger partial charge is 0.293 e. The van der Waals surface area contributed by atoms with Crippen LogP contribution >= 0.6 is 0 Å². The summed E-state index contributed by atoms with van der Waals surface area (Å²) in [5, 5.41) is 6.73. The zero-order valence-electron chi connectivity index (χ0n) is 15.9. The number of hydrogen-bond donors (Lipinski definition) is 1. The van der Waals surface area contributed by atoms with Crippen molar-refractivity contribution >= 4 is 11.8 Å². The molecule has 1 aliphatic carbocycles. The number of rotatable bonds is 3. The lowest BCUT2D eigenvalue weighted by Crippen LogP contribution is -2.50. The largest absolute Gasteiger partial charge is 0.342 e. The number of aromatic nitrogens is 3. The molecule has 1 N–H and O–H groups in total. The van der Waals surface area contributed by atoms with Gasteiger partial charge in [-0.1, -0.05) is 6.92 Å². The molecule has 1 spiro atoms. The highest BCUT2D eigenvalue weighted by atomic mass is 16.2. The van der Waals surface area contributed by atoms with Crippen molar-refractivity contribution in [1.82, 2.24) is 25.0 Å². The number of aryl methyl sites for hydroxylation is 1. The van der Waals surface area contributed by atoms with E-state index in [0.29, 0.717) is 17.1 Å². The van der Waals surface area contributed by atoms with Crippen molar-refractivity contribution in [2.75, 3.05) is 26.2 Å². The summed E-state index contributed by atoms with van der Waals surface area (Å²) in [6, 6.07) is 0. The Morgan fingerprint density at radius 1 is 1.00 bits per heavy atom. The number of likely N-dealkylation sites (tertiary alicyclic amines) is 2. The summed E-state index contributed by atoms with van der Waals surface area (Å²) < 4.78 is 0. The van der Waals surface area contributed by atoms with Crippen molar-refractivity contribution < 1.29 is 9.59 Å². The molecular weight excluding hydrogens is 330 g/mol. The Balaban J connectivity index is 1.31. The molecule has 0 atom stereocenters. The number of amides is 2. The maximum absolute atomic E-state index is 12.7. The van der Waals surface area contributed by atoms with Crippen LogP contribution in [-0.2, 0) is 4.79 Å². The number of nitrogens with zero attached hydrogens (tertiary/aromatic N) is 4. The van der Waals surface area contributed by atoms with E-state index in [1.807, 2.05) is 4.90 Å². The summed E-state index contributed by atoms with van der Waals surface area (Å²) in [5.41, 5.74) is 0.278. The van der Waals surface area contributed by atoms with E-state index in [1.165, 1.54) is 0 Å². The third kappa shape index (κ3) is 3.01. The lowest BCUT2D eigenvalue weighted by atomic mass is 9.71. The van der Waals surface area contributed by atoms with E-state index in [-0.39, 0.29) is 17.1 Å². The summed E-state index contributed by atoms with van der Waals surface area (Å²) in [6.45, 7) is 7.23. The molecule has 2 aliphatic heterocycles. The molecule has 1 aromatic rings. The number of hydrogen-bond acceptors (Lipinski definition) is 4. The van der Waals surface area contributed by atoms with Gasteiger partial charge in [0.1, 0.15) is 5.82 Å². The first-order valence-electron chi connectivity index (χ1n) is 9.95. The summed E-state index contributed by atoms with van der Waals surface area (Å²) in [4.78, 5) is 33.4. The Bertz CT molecular complexity index is 691. The lowest BCUT2D eigenvalue weighted by Gasteiger charge is -2.47. The second kappa shape index (κ2) is 6.35. The van der Waals surface area contributed by atoms with Crippen LogP contribution in [0.15, 0.2) is 0 Å². The standard InChI is InChI=1S/C19H29N5O2/c1-3-19(4-5-19)17(26)24-12-8-18(9-13-24)6-10-23(11-7-18)16(25)15-20-14(2)21-22-15/h3-13H2,1-2H3,(H,20,21,22). The average molecular weight is 359 g/mol. The van der Waals surface area contributed by atoms with E-state index >= 15 is 0 Å². The minimum atomic E-state index is -0.0737. The molecular formula is C19H29N5O2. The van der Waals surface area contributed by atoms with Crippen LogP contribution in [0.4, 0.5) is 0 Å². The fourth-order valence-corrected chi connectivity index (χ4v) is 4.65. The molecule has 4 rings (SSSR count). The molecule has 0 aromatic carbocycles. The van der Waals surface area contributed by atoms with Gasteiger partial charge in [-0.2, -0.15) is 0 Å². The summed E-state index contributed by atoms with van der Waals surface area (Å²) >= 11 is 0. The first kappa shape index (κ1) is 17.5. The van der Waals surface area contributed by atoms with Crippen molar-refractivity contribution in [2.24, 2.45) is 10.8 Å². The van der Waals surface area contributed by atoms with E-state index in [2.05, 4.69) is 27.0 Å². The third-order valence-corrected chi connectivity index (χ3v) is 7.00. The van der Waals surface area contributed by atoms with Gasteiger partial charge < -0.3 is 9.80 Å². The SMILES string of the molecule is CCC1(C(=O)N2CCC3(CCN(C(=O)c4n[nH]c(C)n4)CC3)CC2)CC1. The van der Waals surface area contributed by atoms with Crippen LogP contribution < -0.4 is 0 Å². The van der Waals surface area contributed by atoms with Crippen LogP contribution in [-0.4, -0.2) is 63.0 Å². The van der Waals surface area contributed by atoms with Crippen LogP contribution in [0.2, 0.25) is 0 Å². The highest BCUT2D eigenvalue weighted by Gasteiger charge is 2.51. The third-order valence-electron chi connectivity index (χ3n) is 7.00. The van der Waals surface area contributed by atoms with Crippen LogP contribution in [0.5, 0.6) is 0 Å². The monoisotopic (exact) mass is 359 g/mol. The van der Waals surface area contributed by atoms with Crippen LogP contribution in [0, 0.1) is 17.8 Å². The minimum absolute atomic E-state index is 0.0189. The topological polar surface area (TPSA) is 82.2 Å². The van der Waals surface area contributed by atoms with Gasteiger partial charge in [-0.3, -0.25) is 14.7 Å². The molecule has 1 aromatic heterocycles. The Morgan fingerprint density at radius 2 is 1.58 bits per heavy atom. The molecule has 142 valence electrons. The molecule has 7 heteroatoms. The van der Waals surface area contributed by atoms with Gasteiger partial charge in [-0.25, -0.2) is 4.98 Å². The Labute approximate surface area is 154 Å². The average Bonchev–Trinajstić information content (AvgIpc) is 3.36. The van der Waals surface area contributed by atoms with Crippen molar-refractivity contribution in [3.8, 4) is 0 Å². The molecule has 0 bridgehead atoms. The molecule has 7 nitrogen and oxygen atoms in total. The highest BCUT2D eigenvalue weighted by molar-refractivity contribution is 5.90. The van der Waals surface area contributed by atoms with Crippen LogP contribution in [0.3, 0.4) is 0 Å². The molecule has 0 radical (unpaired) electrons. The fraction of sp³-hybridized carbons (Fsp3) is 0.789. The zero-order valence-corrected chi connectivity index (χ0v) is 15.9. The number of piperidine rings is 2. The van der Waals surface area contributed by atoms with E-state index < -0.39 is 0 Å². The maximum atomic E-state index is 12.7. The number of aromatic amines is 1. The lowest BCUT2D eigenvalue weighted by molar-refractivity contribution is -0.140. The molecule has 2 saturated heterocycles. The number of carbonyl (C=O) groups is 2. The molecule has 1 saturated carbocycles. The highest BCUT2D eigenvalue weighted by Crippen LogP contribution is 2.51. The van der Waals surface area contributed by atoms with Gasteiger partial charge in [0, 0.05) is 31.6 Å². The minimum Gasteiger partial charge on any atom is -0.342 e. The van der Waals surface area contributed by atoms with E-state index in [0.717, 1.165) is 71.1 Å². The quantitative estimate of drug-likeness (QED) is 0.896. The number of carbonyl (C=O) groups excluding carboxylic acids is 2. The Kier molecular flexibility index (Phi) is 4.28. The molecule has 3 aliphatic rings. The summed E-state index contributed by atoms with van der Waals surface area (Å²) in [5.74, 6) is 1.26. The fourth-order valence-electron chi connectivity index (χ4n) is 4.65. The summed E-state index contributed by atoms with van der Waals surface area (Å²) in [6.07, 6.45) is 7.29. The van der Waals surface area contributed by atoms with Crippen molar-refractivity contribution in [3.63, 3.8) is 0 Å². The first-order chi connectivity index (χ1) is 12.5. The predicted molar refractivity (Wildman–Crippen MR) is 96.5 cm³/mol. The molecule has 3 fully saturated rings. The molecule has 3 heterocycles. The van der Waals surface area contributed by atoms with E-state index in [4.69, 9.17) is 0 Å². The van der Waals surface area contributed by atoms with Crippen LogP contribution in [0.25, 0.3) is 0 Å². The summed E-state index contributed by atoms with van der Waals surface area (Å²) in [7, 11) is 0. The van der Waals surface area contributed by atoms with Crippen molar-refractivity contribution in [1.29, 1.82) is 0 Å². The van der Waals surface area contributed by atoms with Gasteiger partial charge in [0.15, 0.2) is 0 Å². The van der Waals surface area contributed by atoms with Gasteiger partial charge in [0.05, 0.1) is 0 Å². The second-order valence-electron chi connectivity index (χ2n) is 8.46. The molecule has 2 amide bonds. The molecule has 0 unspecified atom stereocenters. The van der Waals surface area contributed by atoms with Crippen molar-refractivity contribution in [2.45, 2.75) is 58.8 Å². The normalized spacial score (nSPS) is 23.9. The van der Waals surface area contributed by atoms with Gasteiger partial charge in [-0.05, 0) is 57.3 Å². The zero-order chi connectivity index (χ0) is 18.4. The van der Waals surface area contributed by atoms with Crippen molar-refractivity contribution in [3.05, 3.63) is 11.6 Å². The second-order valence-corrected chi connectivity index (χ2v) is 8.46. The van der Waals surface area contributed by atoms with Crippen LogP contribution in [0.1, 0.15) is 68.3 Å². The Morgan fingerprint density at radius 3 is 2.04 bits per heavy atom. The van der Waals surface area contributed by atoms with E-state index in [1.54, 1.807) is 6.92 Å². The van der Waals surface area contributed by atoms with Gasteiger partial charge in [0.2, 0.25) is 11.7 Å². The number of nitrogens with one attached hydrogen (secondary N) is 1. The van der Waals surface area contributed by atoms with Gasteiger partial charge >= 0.3 is 0 Å². The first-order valence-corrected chi connectivity index (χ1v) is 9.95. The Hall–Kier alpha value is -1.92. The maximum Gasteiger partial charge on any atom is 0.293 e. The molecule has 26 heavy (non-hydrogen) atoms. The number of H-pyrrole nitrogens is 1. The van der Waals surface area contributed by atoms with Gasteiger partial charge in [-0.15, -0.1) is 5.10 Å². The van der Waals surface area contributed by atoms with Gasteiger partial charge in [0.25, 0.3) is 5.91 Å². The van der Waals surface area contributed by atoms with E-state index in [9.17, 15) is 9.59 Å².